The third kappa shape index (κ3) is 5.15. The minimum Gasteiger partial charge on any atom is -0.452 e. The highest BCUT2D eigenvalue weighted by atomic mass is 35.5. The van der Waals surface area contributed by atoms with Crippen LogP contribution in [-0.2, 0) is 19.1 Å². The molecule has 3 rings (SSSR count). The molecule has 1 aliphatic rings. The maximum Gasteiger partial charge on any atom is 0.308 e. The molecule has 2 amide bonds. The van der Waals surface area contributed by atoms with Gasteiger partial charge in [-0.05, 0) is 57.0 Å². The second-order valence-electron chi connectivity index (χ2n) is 7.34. The topological polar surface area (TPSA) is 84.5 Å². The molecule has 0 saturated carbocycles. The van der Waals surface area contributed by atoms with Crippen molar-refractivity contribution in [2.45, 2.75) is 50.4 Å². The van der Waals surface area contributed by atoms with Gasteiger partial charge in [0.2, 0.25) is 5.91 Å². The average molecular weight is 447 g/mol. The van der Waals surface area contributed by atoms with Crippen LogP contribution in [0.15, 0.2) is 35.2 Å². The van der Waals surface area contributed by atoms with Crippen molar-refractivity contribution in [2.75, 3.05) is 10.6 Å². The Bertz CT molecular complexity index is 1000. The van der Waals surface area contributed by atoms with E-state index >= 15 is 0 Å². The van der Waals surface area contributed by atoms with E-state index in [1.165, 1.54) is 18.7 Å². The van der Waals surface area contributed by atoms with E-state index in [1.54, 1.807) is 18.2 Å². The molecule has 0 bridgehead atoms. The van der Waals surface area contributed by atoms with E-state index in [1.807, 2.05) is 32.9 Å². The lowest BCUT2D eigenvalue weighted by Crippen LogP contribution is -2.34. The molecular weight excluding hydrogens is 424 g/mol. The largest absolute Gasteiger partial charge is 0.452 e. The van der Waals surface area contributed by atoms with Crippen LogP contribution in [0.1, 0.15) is 30.0 Å². The van der Waals surface area contributed by atoms with E-state index in [0.717, 1.165) is 21.6 Å². The fraction of sp³-hybridized carbons (Fsp3) is 0.318. The molecule has 8 heteroatoms. The highest BCUT2D eigenvalue weighted by Gasteiger charge is 2.31. The molecule has 0 unspecified atom stereocenters. The fourth-order valence-corrected chi connectivity index (χ4v) is 4.56. The van der Waals surface area contributed by atoms with Gasteiger partial charge in [-0.3, -0.25) is 14.4 Å². The van der Waals surface area contributed by atoms with Crippen molar-refractivity contribution in [3.05, 3.63) is 52.0 Å². The second-order valence-corrected chi connectivity index (χ2v) is 9.02. The Balaban J connectivity index is 1.59. The Hall–Kier alpha value is -2.51. The van der Waals surface area contributed by atoms with Gasteiger partial charge >= 0.3 is 5.97 Å². The number of esters is 1. The van der Waals surface area contributed by atoms with E-state index in [0.29, 0.717) is 16.4 Å². The number of ether oxygens (including phenoxy) is 1. The summed E-state index contributed by atoms with van der Waals surface area (Å²) in [6.07, 6.45) is -1.13. The van der Waals surface area contributed by atoms with Crippen LogP contribution in [0.3, 0.4) is 0 Å². The minimum atomic E-state index is -0.986. The number of halogens is 1. The van der Waals surface area contributed by atoms with Crippen LogP contribution in [0.2, 0.25) is 5.02 Å². The summed E-state index contributed by atoms with van der Waals surface area (Å²) in [6.45, 7) is 7.33. The normalized spacial score (nSPS) is 16.3. The summed E-state index contributed by atoms with van der Waals surface area (Å²) in [5.41, 5.74) is 4.32. The van der Waals surface area contributed by atoms with Crippen molar-refractivity contribution in [3.63, 3.8) is 0 Å². The number of amides is 2. The molecular formula is C22H23ClN2O4S. The highest BCUT2D eigenvalue weighted by molar-refractivity contribution is 8.01. The smallest absolute Gasteiger partial charge is 0.308 e. The summed E-state index contributed by atoms with van der Waals surface area (Å²) in [5.74, 6) is -1.33. The zero-order valence-corrected chi connectivity index (χ0v) is 18.7. The molecule has 2 aromatic rings. The molecule has 1 aliphatic heterocycles. The number of carbonyl (C=O) groups is 3. The van der Waals surface area contributed by atoms with Crippen molar-refractivity contribution < 1.29 is 19.1 Å². The first-order valence-corrected chi connectivity index (χ1v) is 10.7. The van der Waals surface area contributed by atoms with Crippen molar-refractivity contribution >= 4 is 52.5 Å². The predicted octanol–water partition coefficient (Wildman–Crippen LogP) is 4.64. The summed E-state index contributed by atoms with van der Waals surface area (Å²) in [6, 6.07) is 9.13. The minimum absolute atomic E-state index is 0.140. The van der Waals surface area contributed by atoms with Gasteiger partial charge in [-0.1, -0.05) is 29.3 Å². The SMILES string of the molecule is Cc1cc(C)c(NC(=O)[C@@H](C)OC(=O)C[C@@H]2Sc3ccc(Cl)cc3NC2=O)c(C)c1. The molecule has 1 heterocycles. The van der Waals surface area contributed by atoms with Crippen LogP contribution >= 0.6 is 23.4 Å². The maximum atomic E-state index is 12.5. The molecule has 0 spiro atoms. The number of rotatable bonds is 5. The van der Waals surface area contributed by atoms with Gasteiger partial charge in [0, 0.05) is 15.6 Å². The molecule has 2 aromatic carbocycles. The van der Waals surface area contributed by atoms with Crippen molar-refractivity contribution in [2.24, 2.45) is 0 Å². The van der Waals surface area contributed by atoms with E-state index in [4.69, 9.17) is 16.3 Å². The predicted molar refractivity (Wildman–Crippen MR) is 119 cm³/mol. The first-order valence-electron chi connectivity index (χ1n) is 9.49. The van der Waals surface area contributed by atoms with Crippen molar-refractivity contribution in [1.82, 2.24) is 0 Å². The molecule has 0 saturated heterocycles. The van der Waals surface area contributed by atoms with E-state index in [-0.39, 0.29) is 12.3 Å². The monoisotopic (exact) mass is 446 g/mol. The molecule has 6 nitrogen and oxygen atoms in total. The molecule has 0 aliphatic carbocycles. The Kier molecular flexibility index (Phi) is 6.73. The van der Waals surface area contributed by atoms with E-state index in [2.05, 4.69) is 10.6 Å². The average Bonchev–Trinajstić information content (AvgIpc) is 2.65. The van der Waals surface area contributed by atoms with Crippen LogP contribution in [-0.4, -0.2) is 29.1 Å². The number of thioether (sulfide) groups is 1. The summed E-state index contributed by atoms with van der Waals surface area (Å²) >= 11 is 7.22. The third-order valence-corrected chi connectivity index (χ3v) is 6.23. The molecule has 2 atom stereocenters. The summed E-state index contributed by atoms with van der Waals surface area (Å²) in [7, 11) is 0. The van der Waals surface area contributed by atoms with E-state index in [9.17, 15) is 14.4 Å². The zero-order chi connectivity index (χ0) is 22.0. The van der Waals surface area contributed by atoms with Gasteiger partial charge in [0.15, 0.2) is 6.10 Å². The van der Waals surface area contributed by atoms with Gasteiger partial charge in [-0.2, -0.15) is 0 Å². The first kappa shape index (κ1) is 22.2. The van der Waals surface area contributed by atoms with Crippen molar-refractivity contribution in [1.29, 1.82) is 0 Å². The zero-order valence-electron chi connectivity index (χ0n) is 17.2. The van der Waals surface area contributed by atoms with Crippen LogP contribution < -0.4 is 10.6 Å². The Morgan fingerprint density at radius 3 is 2.53 bits per heavy atom. The van der Waals surface area contributed by atoms with Crippen molar-refractivity contribution in [3.8, 4) is 0 Å². The molecule has 30 heavy (non-hydrogen) atoms. The lowest BCUT2D eigenvalue weighted by atomic mass is 10.0. The Morgan fingerprint density at radius 1 is 1.20 bits per heavy atom. The molecule has 0 fully saturated rings. The highest BCUT2D eigenvalue weighted by Crippen LogP contribution is 2.38. The van der Waals surface area contributed by atoms with E-state index < -0.39 is 23.2 Å². The number of hydrogen-bond acceptors (Lipinski definition) is 5. The molecule has 2 N–H and O–H groups in total. The summed E-state index contributed by atoms with van der Waals surface area (Å²) < 4.78 is 5.28. The lowest BCUT2D eigenvalue weighted by Gasteiger charge is -2.24. The van der Waals surface area contributed by atoms with Crippen LogP contribution in [0.4, 0.5) is 11.4 Å². The van der Waals surface area contributed by atoms with Crippen LogP contribution in [0, 0.1) is 20.8 Å². The second kappa shape index (κ2) is 9.10. The first-order chi connectivity index (χ1) is 14.1. The molecule has 158 valence electrons. The molecule has 0 aromatic heterocycles. The molecule has 0 radical (unpaired) electrons. The number of carbonyl (C=O) groups excluding carboxylic acids is 3. The number of hydrogen-bond donors (Lipinski definition) is 2. The lowest BCUT2D eigenvalue weighted by molar-refractivity contribution is -0.153. The Morgan fingerprint density at radius 2 is 1.87 bits per heavy atom. The van der Waals surface area contributed by atoms with Crippen LogP contribution in [0.25, 0.3) is 0 Å². The number of benzene rings is 2. The Labute approximate surface area is 184 Å². The number of anilines is 2. The maximum absolute atomic E-state index is 12.5. The number of nitrogens with one attached hydrogen (secondary N) is 2. The summed E-state index contributed by atoms with van der Waals surface area (Å²) in [4.78, 5) is 38.0. The van der Waals surface area contributed by atoms with Crippen LogP contribution in [0.5, 0.6) is 0 Å². The van der Waals surface area contributed by atoms with Gasteiger partial charge in [0.05, 0.1) is 17.4 Å². The van der Waals surface area contributed by atoms with Gasteiger partial charge < -0.3 is 15.4 Å². The third-order valence-electron chi connectivity index (χ3n) is 4.72. The summed E-state index contributed by atoms with van der Waals surface area (Å²) in [5, 5.41) is 5.46. The van der Waals surface area contributed by atoms with Gasteiger partial charge in [-0.25, -0.2) is 0 Å². The van der Waals surface area contributed by atoms with Gasteiger partial charge in [0.1, 0.15) is 0 Å². The number of aryl methyl sites for hydroxylation is 3. The van der Waals surface area contributed by atoms with Gasteiger partial charge in [0.25, 0.3) is 5.91 Å². The van der Waals surface area contributed by atoms with Gasteiger partial charge in [-0.15, -0.1) is 11.8 Å². The quantitative estimate of drug-likeness (QED) is 0.653. The number of fused-ring (bicyclic) bond motifs is 1. The standard InChI is InChI=1S/C22H23ClN2O4S/c1-11-7-12(2)20(13(3)8-11)25-21(27)14(4)29-19(26)10-18-22(28)24-16-9-15(23)5-6-17(16)30-18/h5-9,14,18H,10H2,1-4H3,(H,24,28)(H,25,27)/t14-,18+/m1/s1. The fourth-order valence-electron chi connectivity index (χ4n) is 3.31.